The lowest BCUT2D eigenvalue weighted by molar-refractivity contribution is -0.141. The van der Waals surface area contributed by atoms with Gasteiger partial charge in [-0.15, -0.1) is 0 Å². The summed E-state index contributed by atoms with van der Waals surface area (Å²) in [6.45, 7) is 4.59. The van der Waals surface area contributed by atoms with Crippen LogP contribution in [-0.4, -0.2) is 35.1 Å². The molecule has 2 rings (SSSR count). The minimum atomic E-state index is -0.537. The lowest BCUT2D eigenvalue weighted by atomic mass is 10.4. The summed E-state index contributed by atoms with van der Waals surface area (Å²) in [6, 6.07) is 1.86. The average Bonchev–Trinajstić information content (AvgIpc) is 2.56. The number of nitrogens with two attached hydrogens (primary N) is 1. The first-order chi connectivity index (χ1) is 7.55. The molecule has 1 aliphatic heterocycles. The molecule has 1 fully saturated rings. The lowest BCUT2D eigenvalue weighted by Crippen LogP contribution is -2.25. The maximum absolute atomic E-state index is 5.57. The Bertz CT molecular complexity index is 370. The van der Waals surface area contributed by atoms with Gasteiger partial charge in [0.15, 0.2) is 5.79 Å². The quantitative estimate of drug-likeness (QED) is 0.811. The van der Waals surface area contributed by atoms with E-state index in [2.05, 4.69) is 9.97 Å². The Morgan fingerprint density at radius 1 is 1.62 bits per heavy atom. The second kappa shape index (κ2) is 4.23. The summed E-state index contributed by atoms with van der Waals surface area (Å²) in [7, 11) is 0. The predicted molar refractivity (Wildman–Crippen MR) is 56.8 cm³/mol. The molecule has 0 amide bonds. The van der Waals surface area contributed by atoms with Crippen molar-refractivity contribution in [3.8, 4) is 6.01 Å². The van der Waals surface area contributed by atoms with E-state index in [0.717, 1.165) is 0 Å². The Labute approximate surface area is 93.7 Å². The zero-order chi connectivity index (χ0) is 11.6. The largest absolute Gasteiger partial charge is 0.461 e. The Morgan fingerprint density at radius 2 is 2.44 bits per heavy atom. The van der Waals surface area contributed by atoms with Gasteiger partial charge >= 0.3 is 6.01 Å². The van der Waals surface area contributed by atoms with E-state index < -0.39 is 5.79 Å². The van der Waals surface area contributed by atoms with Crippen LogP contribution in [0.3, 0.4) is 0 Å². The van der Waals surface area contributed by atoms with Crippen molar-refractivity contribution in [1.29, 1.82) is 0 Å². The molecule has 1 saturated heterocycles. The van der Waals surface area contributed by atoms with Gasteiger partial charge in [-0.2, -0.15) is 4.98 Å². The molecular formula is C10H15N3O3. The molecule has 0 unspecified atom stereocenters. The molecule has 0 saturated carbocycles. The van der Waals surface area contributed by atoms with Crippen molar-refractivity contribution < 1.29 is 14.2 Å². The van der Waals surface area contributed by atoms with Gasteiger partial charge < -0.3 is 19.9 Å². The third kappa shape index (κ3) is 2.80. The molecule has 16 heavy (non-hydrogen) atoms. The number of nitrogens with zero attached hydrogens (tertiary/aromatic N) is 2. The molecule has 0 aromatic carbocycles. The van der Waals surface area contributed by atoms with E-state index in [0.29, 0.717) is 19.0 Å². The van der Waals surface area contributed by atoms with Crippen LogP contribution in [0.25, 0.3) is 0 Å². The van der Waals surface area contributed by atoms with Crippen molar-refractivity contribution in [3.05, 3.63) is 12.3 Å². The Kier molecular flexibility index (Phi) is 2.93. The van der Waals surface area contributed by atoms with Crippen LogP contribution in [0.1, 0.15) is 13.8 Å². The summed E-state index contributed by atoms with van der Waals surface area (Å²) in [4.78, 5) is 7.85. The number of ether oxygens (including phenoxy) is 3. The van der Waals surface area contributed by atoms with Gasteiger partial charge in [0.05, 0.1) is 6.61 Å². The van der Waals surface area contributed by atoms with Crippen molar-refractivity contribution in [1.82, 2.24) is 9.97 Å². The van der Waals surface area contributed by atoms with E-state index in [1.807, 2.05) is 13.8 Å². The molecule has 0 radical (unpaired) electrons. The summed E-state index contributed by atoms with van der Waals surface area (Å²) in [5, 5.41) is 0. The van der Waals surface area contributed by atoms with Gasteiger partial charge in [0, 0.05) is 6.20 Å². The lowest BCUT2D eigenvalue weighted by Gasteiger charge is -2.16. The van der Waals surface area contributed by atoms with Crippen LogP contribution in [0.2, 0.25) is 0 Å². The molecule has 6 heteroatoms. The molecule has 0 bridgehead atoms. The molecule has 1 aromatic rings. The SMILES string of the molecule is CC1(C)OC[C@H](COc2nccc(N)n2)O1. The topological polar surface area (TPSA) is 79.5 Å². The normalized spacial score (nSPS) is 23.2. The highest BCUT2D eigenvalue weighted by Gasteiger charge is 2.33. The zero-order valence-electron chi connectivity index (χ0n) is 9.34. The van der Waals surface area contributed by atoms with Crippen molar-refractivity contribution in [2.75, 3.05) is 18.9 Å². The van der Waals surface area contributed by atoms with E-state index in [-0.39, 0.29) is 12.1 Å². The zero-order valence-corrected chi connectivity index (χ0v) is 9.34. The predicted octanol–water partition coefficient (Wildman–Crippen LogP) is 0.589. The van der Waals surface area contributed by atoms with Crippen LogP contribution in [0.15, 0.2) is 12.3 Å². The van der Waals surface area contributed by atoms with Crippen LogP contribution in [0.5, 0.6) is 6.01 Å². The van der Waals surface area contributed by atoms with Gasteiger partial charge in [0.25, 0.3) is 0 Å². The van der Waals surface area contributed by atoms with E-state index in [4.69, 9.17) is 19.9 Å². The van der Waals surface area contributed by atoms with Crippen molar-refractivity contribution >= 4 is 5.82 Å². The number of nitrogen functional groups attached to an aromatic ring is 1. The number of anilines is 1. The average molecular weight is 225 g/mol. The molecule has 0 spiro atoms. The monoisotopic (exact) mass is 225 g/mol. The van der Waals surface area contributed by atoms with E-state index in [1.165, 1.54) is 0 Å². The minimum Gasteiger partial charge on any atom is -0.461 e. The van der Waals surface area contributed by atoms with Gasteiger partial charge in [-0.1, -0.05) is 0 Å². The number of aromatic nitrogens is 2. The molecule has 1 aliphatic rings. The molecule has 2 heterocycles. The van der Waals surface area contributed by atoms with E-state index in [1.54, 1.807) is 12.3 Å². The van der Waals surface area contributed by atoms with Crippen molar-refractivity contribution in [2.24, 2.45) is 0 Å². The maximum Gasteiger partial charge on any atom is 0.318 e. The first kappa shape index (κ1) is 11.1. The Morgan fingerprint density at radius 3 is 3.06 bits per heavy atom. The van der Waals surface area contributed by atoms with E-state index >= 15 is 0 Å². The van der Waals surface area contributed by atoms with Crippen LogP contribution >= 0.6 is 0 Å². The summed E-state index contributed by atoms with van der Waals surface area (Å²) in [5.74, 6) is -0.154. The van der Waals surface area contributed by atoms with Gasteiger partial charge in [-0.05, 0) is 19.9 Å². The fourth-order valence-corrected chi connectivity index (χ4v) is 1.44. The highest BCUT2D eigenvalue weighted by atomic mass is 16.7. The second-order valence-corrected chi connectivity index (χ2v) is 4.03. The smallest absolute Gasteiger partial charge is 0.318 e. The molecule has 1 aromatic heterocycles. The third-order valence-corrected chi connectivity index (χ3v) is 2.12. The van der Waals surface area contributed by atoms with Crippen LogP contribution < -0.4 is 10.5 Å². The molecular weight excluding hydrogens is 210 g/mol. The van der Waals surface area contributed by atoms with E-state index in [9.17, 15) is 0 Å². The standard InChI is InChI=1S/C10H15N3O3/c1-10(2)15-6-7(16-10)5-14-9-12-4-3-8(11)13-9/h3-4,7H,5-6H2,1-2H3,(H2,11,12,13)/t7-/m0/s1. The maximum atomic E-state index is 5.57. The van der Waals surface area contributed by atoms with Gasteiger partial charge in [0.2, 0.25) is 0 Å². The molecule has 2 N–H and O–H groups in total. The number of hydrogen-bond acceptors (Lipinski definition) is 6. The first-order valence-corrected chi connectivity index (χ1v) is 5.08. The number of rotatable bonds is 3. The Balaban J connectivity index is 1.84. The number of hydrogen-bond donors (Lipinski definition) is 1. The highest BCUT2D eigenvalue weighted by Crippen LogP contribution is 2.22. The summed E-state index contributed by atoms with van der Waals surface area (Å²) in [6.07, 6.45) is 1.45. The Hall–Kier alpha value is -1.40. The fraction of sp³-hybridized carbons (Fsp3) is 0.600. The van der Waals surface area contributed by atoms with Crippen LogP contribution in [0.4, 0.5) is 5.82 Å². The van der Waals surface area contributed by atoms with Gasteiger partial charge in [0.1, 0.15) is 18.5 Å². The molecule has 1 atom stereocenters. The summed E-state index contributed by atoms with van der Waals surface area (Å²) < 4.78 is 16.3. The highest BCUT2D eigenvalue weighted by molar-refractivity contribution is 5.26. The van der Waals surface area contributed by atoms with Crippen molar-refractivity contribution in [3.63, 3.8) is 0 Å². The summed E-state index contributed by atoms with van der Waals surface area (Å²) in [5.41, 5.74) is 5.50. The molecule has 6 nitrogen and oxygen atoms in total. The van der Waals surface area contributed by atoms with Gasteiger partial charge in [-0.3, -0.25) is 0 Å². The summed E-state index contributed by atoms with van der Waals surface area (Å²) >= 11 is 0. The first-order valence-electron chi connectivity index (χ1n) is 5.08. The molecule has 0 aliphatic carbocycles. The minimum absolute atomic E-state index is 0.0972. The van der Waals surface area contributed by atoms with Crippen molar-refractivity contribution in [2.45, 2.75) is 25.7 Å². The third-order valence-electron chi connectivity index (χ3n) is 2.12. The van der Waals surface area contributed by atoms with Gasteiger partial charge in [-0.25, -0.2) is 4.98 Å². The van der Waals surface area contributed by atoms with Crippen LogP contribution in [0, 0.1) is 0 Å². The second-order valence-electron chi connectivity index (χ2n) is 4.03. The fourth-order valence-electron chi connectivity index (χ4n) is 1.44. The van der Waals surface area contributed by atoms with Crippen LogP contribution in [-0.2, 0) is 9.47 Å². The molecule has 88 valence electrons.